The number of carbonyl (C=O) groups is 4. The zero-order valence-corrected chi connectivity index (χ0v) is 40.7. The Morgan fingerprint density at radius 1 is 0.607 bits per heavy atom. The molecule has 0 aromatic carbocycles. The number of carbonyl (C=O) groups excluding carboxylic acids is 3. The van der Waals surface area contributed by atoms with Gasteiger partial charge in [0.1, 0.15) is 23.9 Å². The molecular weight excluding hydrogens is 789 g/mol. The summed E-state index contributed by atoms with van der Waals surface area (Å²) in [6, 6.07) is 0. The summed E-state index contributed by atoms with van der Waals surface area (Å²) >= 11 is 0. The van der Waals surface area contributed by atoms with Gasteiger partial charge in [0.05, 0.1) is 84.6 Å². The minimum atomic E-state index is -1.18. The number of carboxylic acids is 1. The van der Waals surface area contributed by atoms with Gasteiger partial charge in [-0.2, -0.15) is 0 Å². The predicted octanol–water partition coefficient (Wildman–Crippen LogP) is 6.31. The molecule has 0 aromatic rings. The first-order chi connectivity index (χ1) is 28.5. The van der Waals surface area contributed by atoms with Crippen molar-refractivity contribution in [1.29, 1.82) is 0 Å². The number of primary amides is 1. The smallest absolute Gasteiger partial charge is 0.309 e. The van der Waals surface area contributed by atoms with E-state index < -0.39 is 71.4 Å². The molecule has 5 atom stereocenters. The fraction of sp³-hybridized carbons (Fsp3) is 0.913. The van der Waals surface area contributed by atoms with Crippen LogP contribution in [0, 0.1) is 35.0 Å². The van der Waals surface area contributed by atoms with Crippen molar-refractivity contribution in [3.8, 4) is 0 Å². The molecule has 0 spiro atoms. The molecule has 3 N–H and O–H groups in total. The summed E-state index contributed by atoms with van der Waals surface area (Å²) in [5.74, 6) is -6.62. The van der Waals surface area contributed by atoms with E-state index in [1.807, 2.05) is 41.5 Å². The van der Waals surface area contributed by atoms with Crippen LogP contribution in [0.1, 0.15) is 122 Å². The van der Waals surface area contributed by atoms with Crippen LogP contribution in [0.3, 0.4) is 0 Å². The van der Waals surface area contributed by atoms with E-state index in [9.17, 15) is 24.3 Å². The van der Waals surface area contributed by atoms with E-state index in [2.05, 4.69) is 48.7 Å². The van der Waals surface area contributed by atoms with E-state index in [4.69, 9.17) is 43.6 Å². The van der Waals surface area contributed by atoms with Crippen molar-refractivity contribution in [3.05, 3.63) is 0 Å². The highest BCUT2D eigenvalue weighted by Crippen LogP contribution is 2.34. The second kappa shape index (κ2) is 30.6. The second-order valence-corrected chi connectivity index (χ2v) is 18.9. The van der Waals surface area contributed by atoms with Crippen molar-refractivity contribution in [2.45, 2.75) is 146 Å². The summed E-state index contributed by atoms with van der Waals surface area (Å²) < 4.78 is 48.2. The van der Waals surface area contributed by atoms with Gasteiger partial charge in [-0.15, -0.1) is 0 Å². The Labute approximate surface area is 369 Å². The third-order valence-corrected chi connectivity index (χ3v) is 10.6. The maximum Gasteiger partial charge on any atom is 0.309 e. The Kier molecular flexibility index (Phi) is 29.4. The first-order valence-corrected chi connectivity index (χ1v) is 22.8. The number of hydrogen-bond acceptors (Lipinski definition) is 12. The van der Waals surface area contributed by atoms with E-state index in [0.717, 1.165) is 17.6 Å². The first kappa shape index (κ1) is 58.6. The number of amides is 1. The number of esters is 2. The zero-order chi connectivity index (χ0) is 46.8. The molecule has 0 aromatic heterocycles. The van der Waals surface area contributed by atoms with Crippen LogP contribution in [0.15, 0.2) is 0 Å². The van der Waals surface area contributed by atoms with Crippen molar-refractivity contribution < 1.29 is 66.7 Å². The molecule has 15 heteroatoms. The predicted molar refractivity (Wildman–Crippen MR) is 236 cm³/mol. The summed E-state index contributed by atoms with van der Waals surface area (Å²) in [4.78, 5) is 54.3. The number of hydrogen-bond donors (Lipinski definition) is 2. The second-order valence-electron chi connectivity index (χ2n) is 18.9. The number of ether oxygens (including phenoxy) is 8. The summed E-state index contributed by atoms with van der Waals surface area (Å²) in [6.45, 7) is 27.8. The molecule has 0 rings (SSSR count). The monoisotopic (exact) mass is 878 g/mol. The van der Waals surface area contributed by atoms with Crippen molar-refractivity contribution in [2.24, 2.45) is 40.7 Å². The summed E-state index contributed by atoms with van der Waals surface area (Å²) in [5.41, 5.74) is 4.72. The molecule has 0 saturated carbocycles. The number of nitrogens with two attached hydrogens (primary N) is 1. The Bertz CT molecular complexity index is 1180. The van der Waals surface area contributed by atoms with Gasteiger partial charge >= 0.3 is 17.9 Å². The number of carboxylic acid groups (broad SMARTS) is 1. The maximum absolute atomic E-state index is 14.7. The number of nitrogens with zero attached hydrogens (tertiary/aromatic N) is 1. The quantitative estimate of drug-likeness (QED) is 0.0523. The molecule has 0 saturated heterocycles. The lowest BCUT2D eigenvalue weighted by molar-refractivity contribution is -0.891. The molecule has 0 radical (unpaired) electrons. The number of rotatable bonds is 37. The molecule has 0 aliphatic rings. The van der Waals surface area contributed by atoms with E-state index in [-0.39, 0.29) is 70.2 Å². The lowest BCUT2D eigenvalue weighted by Crippen LogP contribution is -2.44. The van der Waals surface area contributed by atoms with E-state index in [1.165, 1.54) is 0 Å². The largest absolute Gasteiger partial charge is 0.481 e. The van der Waals surface area contributed by atoms with E-state index >= 15 is 0 Å². The molecule has 0 fully saturated rings. The van der Waals surface area contributed by atoms with Gasteiger partial charge in [-0.05, 0) is 92.4 Å². The van der Waals surface area contributed by atoms with Gasteiger partial charge in [0, 0.05) is 38.3 Å². The summed E-state index contributed by atoms with van der Waals surface area (Å²) in [6.07, 6.45) is -0.877. The van der Waals surface area contributed by atoms with Crippen LogP contribution in [-0.2, 0) is 57.1 Å². The average Bonchev–Trinajstić information content (AvgIpc) is 3.15. The molecule has 0 bridgehead atoms. The van der Waals surface area contributed by atoms with Gasteiger partial charge in [0.2, 0.25) is 5.91 Å². The van der Waals surface area contributed by atoms with Gasteiger partial charge in [0.25, 0.3) is 0 Å². The maximum atomic E-state index is 14.7. The van der Waals surface area contributed by atoms with Gasteiger partial charge in [-0.3, -0.25) is 19.2 Å². The lowest BCUT2D eigenvalue weighted by atomic mass is 9.80. The topological polar surface area (TPSA) is 188 Å². The highest BCUT2D eigenvalue weighted by molar-refractivity contribution is 5.79. The van der Waals surface area contributed by atoms with E-state index in [0.29, 0.717) is 45.7 Å². The zero-order valence-electron chi connectivity index (χ0n) is 40.7. The highest BCUT2D eigenvalue weighted by atomic mass is 16.6. The van der Waals surface area contributed by atoms with Crippen LogP contribution in [0.2, 0.25) is 0 Å². The molecule has 5 unspecified atom stereocenters. The van der Waals surface area contributed by atoms with Crippen molar-refractivity contribution in [1.82, 2.24) is 0 Å². The lowest BCUT2D eigenvalue weighted by Gasteiger charge is -2.35. The SMILES string of the molecule is CCOCC(COCC)OCC(COC(COCC)COCC)OC(=O)C(CC(CC(CC)C(N)=O)C(=O)O)CC(CC(C)C[N+](C)(C)CC)C(=O)OC(C)(C)CC(C)(C)C. The molecule has 0 aliphatic heterocycles. The third-order valence-electron chi connectivity index (χ3n) is 10.6. The highest BCUT2D eigenvalue weighted by Gasteiger charge is 2.39. The first-order valence-electron chi connectivity index (χ1n) is 22.8. The van der Waals surface area contributed by atoms with Crippen LogP contribution >= 0.6 is 0 Å². The van der Waals surface area contributed by atoms with Crippen LogP contribution in [0.5, 0.6) is 0 Å². The van der Waals surface area contributed by atoms with Crippen molar-refractivity contribution in [2.75, 3.05) is 93.3 Å². The summed E-state index contributed by atoms with van der Waals surface area (Å²) in [7, 11) is 4.25. The molecule has 1 amide bonds. The molecule has 0 heterocycles. The molecule has 61 heavy (non-hydrogen) atoms. The standard InChI is InChI=1S/C46H88N2O13/c1-15-34(41(47)49)22-35(42(50)51)23-37(24-36(21-33(7)25-48(13,14)16-2)44(53)61-46(11,12)32-45(8,9)10)43(52)60-40(30-58-38(26-54-17-3)27-55-18-4)31-59-39(28-56-19-5)29-57-20-6/h33-40H,15-32H2,1-14H3,(H2-,47,49,50,51)/p+1. The molecule has 15 nitrogen and oxygen atoms in total. The van der Waals surface area contributed by atoms with Crippen LogP contribution in [0.25, 0.3) is 0 Å². The Balaban J connectivity index is 7.22. The van der Waals surface area contributed by atoms with Gasteiger partial charge in [0.15, 0.2) is 0 Å². The van der Waals surface area contributed by atoms with Crippen LogP contribution < -0.4 is 5.73 Å². The number of aliphatic carboxylic acids is 1. The van der Waals surface area contributed by atoms with Crippen molar-refractivity contribution in [3.63, 3.8) is 0 Å². The molecular formula is C46H89N2O13+. The van der Waals surface area contributed by atoms with Crippen LogP contribution in [0.4, 0.5) is 0 Å². The Morgan fingerprint density at radius 2 is 1.03 bits per heavy atom. The third kappa shape index (κ3) is 27.4. The minimum Gasteiger partial charge on any atom is -0.481 e. The molecule has 0 aliphatic carbocycles. The summed E-state index contributed by atoms with van der Waals surface area (Å²) in [5, 5.41) is 10.5. The van der Waals surface area contributed by atoms with E-state index in [1.54, 1.807) is 6.92 Å². The van der Waals surface area contributed by atoms with Gasteiger partial charge in [-0.1, -0.05) is 34.6 Å². The number of quaternary nitrogens is 1. The Hall–Kier alpha value is -2.40. The van der Waals surface area contributed by atoms with Crippen molar-refractivity contribution >= 4 is 23.8 Å². The minimum absolute atomic E-state index is 0.0344. The average molecular weight is 878 g/mol. The van der Waals surface area contributed by atoms with Gasteiger partial charge < -0.3 is 53.2 Å². The fourth-order valence-corrected chi connectivity index (χ4v) is 7.74. The normalized spacial score (nSPS) is 15.2. The Morgan fingerprint density at radius 3 is 1.41 bits per heavy atom. The molecule has 360 valence electrons. The fourth-order valence-electron chi connectivity index (χ4n) is 7.74. The van der Waals surface area contributed by atoms with Crippen LogP contribution in [-0.4, -0.2) is 151 Å². The van der Waals surface area contributed by atoms with Gasteiger partial charge in [-0.25, -0.2) is 0 Å².